The van der Waals surface area contributed by atoms with Crippen LogP contribution in [0.3, 0.4) is 0 Å². The highest BCUT2D eigenvalue weighted by molar-refractivity contribution is 9.10. The Bertz CT molecular complexity index is 911. The van der Waals surface area contributed by atoms with E-state index in [4.69, 9.17) is 9.73 Å². The molecule has 4 nitrogen and oxygen atoms in total. The number of halogens is 2. The molecule has 7 heteroatoms. The molecule has 0 saturated carbocycles. The molecule has 0 bridgehead atoms. The van der Waals surface area contributed by atoms with Crippen molar-refractivity contribution in [2.75, 3.05) is 6.26 Å². The summed E-state index contributed by atoms with van der Waals surface area (Å²) in [4.78, 5) is 19.8. The van der Waals surface area contributed by atoms with E-state index in [2.05, 4.69) is 31.9 Å². The van der Waals surface area contributed by atoms with E-state index in [0.29, 0.717) is 5.17 Å². The highest BCUT2D eigenvalue weighted by atomic mass is 79.9. The Morgan fingerprint density at radius 1 is 1.04 bits per heavy atom. The zero-order valence-corrected chi connectivity index (χ0v) is 20.1. The largest absolute Gasteiger partial charge is 0.443 e. The first kappa shape index (κ1) is 21.4. The Labute approximate surface area is 187 Å². The van der Waals surface area contributed by atoms with Gasteiger partial charge in [-0.05, 0) is 50.3 Å². The van der Waals surface area contributed by atoms with Gasteiger partial charge in [0.15, 0.2) is 5.17 Å². The standard InChI is InChI=1S/C21H22Br2N2O2S/c1-21(2,3)27-20(26)25-18(14-10-6-8-12-16(14)23)17(24-19(25)28-4)13-9-5-7-11-15(13)22/h5-12,17-18H,1-4H3/t17-,18+/m0/s1. The molecular weight excluding hydrogens is 504 g/mol. The van der Waals surface area contributed by atoms with Crippen molar-refractivity contribution < 1.29 is 9.53 Å². The van der Waals surface area contributed by atoms with E-state index in [0.717, 1.165) is 20.1 Å². The van der Waals surface area contributed by atoms with Gasteiger partial charge in [0.1, 0.15) is 11.6 Å². The van der Waals surface area contributed by atoms with Crippen LogP contribution >= 0.6 is 43.6 Å². The van der Waals surface area contributed by atoms with Crippen molar-refractivity contribution in [3.8, 4) is 0 Å². The molecule has 0 radical (unpaired) electrons. The molecule has 0 saturated heterocycles. The first-order chi connectivity index (χ1) is 13.2. The number of aliphatic imine (C=N–C) groups is 1. The highest BCUT2D eigenvalue weighted by Gasteiger charge is 2.44. The molecule has 0 spiro atoms. The second kappa shape index (κ2) is 8.59. The van der Waals surface area contributed by atoms with E-state index in [-0.39, 0.29) is 12.1 Å². The summed E-state index contributed by atoms with van der Waals surface area (Å²) in [5.41, 5.74) is 1.42. The molecule has 2 aromatic carbocycles. The van der Waals surface area contributed by atoms with Crippen LogP contribution in [0.15, 0.2) is 62.5 Å². The predicted octanol–water partition coefficient (Wildman–Crippen LogP) is 6.96. The van der Waals surface area contributed by atoms with Crippen molar-refractivity contribution in [1.29, 1.82) is 0 Å². The molecule has 0 unspecified atom stereocenters. The maximum absolute atomic E-state index is 13.2. The van der Waals surface area contributed by atoms with E-state index in [1.165, 1.54) is 11.8 Å². The van der Waals surface area contributed by atoms with Crippen LogP contribution < -0.4 is 0 Å². The average molecular weight is 526 g/mol. The summed E-state index contributed by atoms with van der Waals surface area (Å²) in [5, 5.41) is 0.649. The Balaban J connectivity index is 2.14. The van der Waals surface area contributed by atoms with Crippen LogP contribution in [0.5, 0.6) is 0 Å². The fourth-order valence-electron chi connectivity index (χ4n) is 3.14. The van der Waals surface area contributed by atoms with E-state index in [9.17, 15) is 4.79 Å². The minimum atomic E-state index is -0.593. The lowest BCUT2D eigenvalue weighted by Gasteiger charge is -2.31. The normalized spacial score (nSPS) is 19.5. The Kier molecular flexibility index (Phi) is 6.57. The van der Waals surface area contributed by atoms with Crippen LogP contribution in [-0.2, 0) is 4.74 Å². The van der Waals surface area contributed by atoms with Gasteiger partial charge in [-0.1, -0.05) is 80.0 Å². The van der Waals surface area contributed by atoms with E-state index >= 15 is 0 Å². The summed E-state index contributed by atoms with van der Waals surface area (Å²) in [6.45, 7) is 5.61. The van der Waals surface area contributed by atoms with Gasteiger partial charge >= 0.3 is 6.09 Å². The van der Waals surface area contributed by atoms with Gasteiger partial charge in [-0.25, -0.2) is 9.69 Å². The lowest BCUT2D eigenvalue weighted by Crippen LogP contribution is -2.40. The third-order valence-electron chi connectivity index (χ3n) is 4.25. The minimum absolute atomic E-state index is 0.246. The van der Waals surface area contributed by atoms with Gasteiger partial charge in [0.25, 0.3) is 0 Å². The summed E-state index contributed by atoms with van der Waals surface area (Å²) in [6, 6.07) is 15.4. The first-order valence-corrected chi connectivity index (χ1v) is 11.7. The summed E-state index contributed by atoms with van der Waals surface area (Å²) >= 11 is 8.75. The average Bonchev–Trinajstić information content (AvgIpc) is 3.00. The number of hydrogen-bond donors (Lipinski definition) is 0. The molecule has 1 aliphatic heterocycles. The molecule has 28 heavy (non-hydrogen) atoms. The molecule has 148 valence electrons. The van der Waals surface area contributed by atoms with Crippen molar-refractivity contribution in [1.82, 2.24) is 4.90 Å². The number of rotatable bonds is 2. The summed E-state index contributed by atoms with van der Waals surface area (Å²) < 4.78 is 7.62. The topological polar surface area (TPSA) is 41.9 Å². The molecule has 2 atom stereocenters. The van der Waals surface area contributed by atoms with Gasteiger partial charge in [-0.3, -0.25) is 4.99 Å². The summed E-state index contributed by atoms with van der Waals surface area (Å²) in [7, 11) is 0. The smallest absolute Gasteiger partial charge is 0.417 e. The van der Waals surface area contributed by atoms with Crippen LogP contribution in [0.25, 0.3) is 0 Å². The zero-order valence-electron chi connectivity index (χ0n) is 16.1. The molecule has 0 N–H and O–H groups in total. The van der Waals surface area contributed by atoms with Gasteiger partial charge in [0.05, 0.1) is 6.04 Å². The first-order valence-electron chi connectivity index (χ1n) is 8.86. The molecule has 1 amide bonds. The number of nitrogens with zero attached hydrogens (tertiary/aromatic N) is 2. The number of amidine groups is 1. The van der Waals surface area contributed by atoms with Crippen LogP contribution in [-0.4, -0.2) is 28.0 Å². The van der Waals surface area contributed by atoms with Gasteiger partial charge in [0, 0.05) is 8.95 Å². The van der Waals surface area contributed by atoms with Crippen LogP contribution in [0.4, 0.5) is 4.79 Å². The van der Waals surface area contributed by atoms with E-state index in [1.807, 2.05) is 75.6 Å². The number of hydrogen-bond acceptors (Lipinski definition) is 4. The molecule has 3 rings (SSSR count). The fourth-order valence-corrected chi connectivity index (χ4v) is 4.79. The maximum atomic E-state index is 13.2. The number of carbonyl (C=O) groups is 1. The molecule has 0 fully saturated rings. The van der Waals surface area contributed by atoms with Crippen LogP contribution in [0, 0.1) is 0 Å². The second-order valence-electron chi connectivity index (χ2n) is 7.40. The minimum Gasteiger partial charge on any atom is -0.443 e. The molecule has 0 aromatic heterocycles. The summed E-state index contributed by atoms with van der Waals surface area (Å²) in [6.07, 6.45) is 1.53. The number of carbonyl (C=O) groups excluding carboxylic acids is 1. The molecule has 1 heterocycles. The van der Waals surface area contributed by atoms with Crippen molar-refractivity contribution >= 4 is 54.9 Å². The van der Waals surface area contributed by atoms with Crippen LogP contribution in [0.1, 0.15) is 44.0 Å². The lowest BCUT2D eigenvalue weighted by atomic mass is 9.94. The van der Waals surface area contributed by atoms with Crippen molar-refractivity contribution in [2.45, 2.75) is 38.5 Å². The van der Waals surface area contributed by atoms with Crippen molar-refractivity contribution in [2.24, 2.45) is 4.99 Å². The Morgan fingerprint density at radius 2 is 1.57 bits per heavy atom. The lowest BCUT2D eigenvalue weighted by molar-refractivity contribution is 0.0320. The SMILES string of the molecule is CSC1=N[C@@H](c2ccccc2Br)[C@@H](c2ccccc2Br)N1C(=O)OC(C)(C)C. The Morgan fingerprint density at radius 3 is 2.07 bits per heavy atom. The van der Waals surface area contributed by atoms with Crippen LogP contribution in [0.2, 0.25) is 0 Å². The number of amides is 1. The van der Waals surface area contributed by atoms with Gasteiger partial charge in [0.2, 0.25) is 0 Å². The third-order valence-corrected chi connectivity index (χ3v) is 6.36. The Hall–Kier alpha value is -1.31. The van der Waals surface area contributed by atoms with E-state index < -0.39 is 11.7 Å². The molecule has 2 aromatic rings. The molecular formula is C21H22Br2N2O2S. The maximum Gasteiger partial charge on any atom is 0.417 e. The van der Waals surface area contributed by atoms with Gasteiger partial charge in [-0.2, -0.15) is 0 Å². The van der Waals surface area contributed by atoms with Crippen molar-refractivity contribution in [3.63, 3.8) is 0 Å². The van der Waals surface area contributed by atoms with Gasteiger partial charge < -0.3 is 4.74 Å². The van der Waals surface area contributed by atoms with Crippen molar-refractivity contribution in [3.05, 3.63) is 68.6 Å². The summed E-state index contributed by atoms with van der Waals surface area (Å²) in [5.74, 6) is 0. The third kappa shape index (κ3) is 4.47. The number of benzene rings is 2. The fraction of sp³-hybridized carbons (Fsp3) is 0.333. The predicted molar refractivity (Wildman–Crippen MR) is 123 cm³/mol. The molecule has 0 aliphatic carbocycles. The van der Waals surface area contributed by atoms with Gasteiger partial charge in [-0.15, -0.1) is 0 Å². The number of ether oxygens (including phenoxy) is 1. The quantitative estimate of drug-likeness (QED) is 0.425. The van der Waals surface area contributed by atoms with E-state index in [1.54, 1.807) is 4.90 Å². The zero-order chi connectivity index (χ0) is 20.5. The number of thioether (sulfide) groups is 1. The second-order valence-corrected chi connectivity index (χ2v) is 9.88. The monoisotopic (exact) mass is 524 g/mol. The molecule has 1 aliphatic rings. The highest BCUT2D eigenvalue weighted by Crippen LogP contribution is 2.47.